The van der Waals surface area contributed by atoms with E-state index >= 15 is 0 Å². The van der Waals surface area contributed by atoms with Crippen molar-refractivity contribution < 1.29 is 9.47 Å². The summed E-state index contributed by atoms with van der Waals surface area (Å²) < 4.78 is 10.9. The summed E-state index contributed by atoms with van der Waals surface area (Å²) in [6.45, 7) is 3.93. The lowest BCUT2D eigenvalue weighted by atomic mass is 9.79. The summed E-state index contributed by atoms with van der Waals surface area (Å²) in [6, 6.07) is 0. The summed E-state index contributed by atoms with van der Waals surface area (Å²) in [4.78, 5) is 0. The van der Waals surface area contributed by atoms with Gasteiger partial charge in [0, 0.05) is 25.9 Å². The lowest BCUT2D eigenvalue weighted by molar-refractivity contribution is 0.0279. The normalized spacial score (nSPS) is 32.8. The fourth-order valence-electron chi connectivity index (χ4n) is 3.17. The highest BCUT2D eigenvalue weighted by Crippen LogP contribution is 2.31. The Hall–Kier alpha value is -0.120. The first-order chi connectivity index (χ1) is 7.85. The number of hydrogen-bond donors (Lipinski definition) is 1. The van der Waals surface area contributed by atoms with Crippen LogP contribution in [0.25, 0.3) is 0 Å². The minimum Gasteiger partial charge on any atom is -0.383 e. The zero-order valence-electron chi connectivity index (χ0n) is 10.5. The summed E-state index contributed by atoms with van der Waals surface area (Å²) in [5.74, 6) is 0.828. The average molecular weight is 227 g/mol. The van der Waals surface area contributed by atoms with Crippen LogP contribution in [0, 0.1) is 5.92 Å². The average Bonchev–Trinajstić information content (AvgIpc) is 2.31. The molecule has 2 aliphatic rings. The first-order valence-electron chi connectivity index (χ1n) is 6.66. The Kier molecular flexibility index (Phi) is 4.62. The van der Waals surface area contributed by atoms with E-state index in [2.05, 4.69) is 5.32 Å². The van der Waals surface area contributed by atoms with Crippen molar-refractivity contribution in [3.8, 4) is 0 Å². The van der Waals surface area contributed by atoms with Gasteiger partial charge in [0.25, 0.3) is 0 Å². The number of hydrogen-bond acceptors (Lipinski definition) is 3. The van der Waals surface area contributed by atoms with Gasteiger partial charge >= 0.3 is 0 Å². The topological polar surface area (TPSA) is 30.5 Å². The van der Waals surface area contributed by atoms with E-state index in [0.29, 0.717) is 0 Å². The number of methoxy groups -OCH3 is 1. The van der Waals surface area contributed by atoms with Gasteiger partial charge in [-0.05, 0) is 44.6 Å². The van der Waals surface area contributed by atoms with E-state index in [1.807, 2.05) is 7.11 Å². The largest absolute Gasteiger partial charge is 0.383 e. The second-order valence-corrected chi connectivity index (χ2v) is 5.36. The molecule has 1 unspecified atom stereocenters. The molecule has 0 aliphatic carbocycles. The monoisotopic (exact) mass is 227 g/mol. The van der Waals surface area contributed by atoms with E-state index < -0.39 is 0 Å². The molecule has 3 nitrogen and oxygen atoms in total. The Morgan fingerprint density at radius 3 is 2.75 bits per heavy atom. The lowest BCUT2D eigenvalue weighted by Gasteiger charge is -2.41. The second-order valence-electron chi connectivity index (χ2n) is 5.36. The van der Waals surface area contributed by atoms with Crippen molar-refractivity contribution in [3.05, 3.63) is 0 Å². The molecule has 2 fully saturated rings. The molecule has 2 rings (SSSR count). The molecule has 0 saturated carbocycles. The molecule has 0 spiro atoms. The molecular weight excluding hydrogens is 202 g/mol. The molecule has 2 heterocycles. The second kappa shape index (κ2) is 5.99. The zero-order valence-corrected chi connectivity index (χ0v) is 10.5. The lowest BCUT2D eigenvalue weighted by Crippen LogP contribution is -2.53. The Morgan fingerprint density at radius 2 is 2.12 bits per heavy atom. The van der Waals surface area contributed by atoms with Gasteiger partial charge < -0.3 is 14.8 Å². The molecule has 1 atom stereocenters. The smallest absolute Gasteiger partial charge is 0.0644 e. The first-order valence-corrected chi connectivity index (χ1v) is 6.66. The Labute approximate surface area is 98.9 Å². The van der Waals surface area contributed by atoms with Crippen LogP contribution in [0.2, 0.25) is 0 Å². The molecule has 0 aromatic rings. The van der Waals surface area contributed by atoms with Crippen LogP contribution in [0.3, 0.4) is 0 Å². The van der Waals surface area contributed by atoms with Gasteiger partial charge in [0.05, 0.1) is 6.61 Å². The van der Waals surface area contributed by atoms with E-state index in [-0.39, 0.29) is 5.54 Å². The quantitative estimate of drug-likeness (QED) is 0.796. The molecule has 2 saturated heterocycles. The maximum Gasteiger partial charge on any atom is 0.0644 e. The summed E-state index contributed by atoms with van der Waals surface area (Å²) >= 11 is 0. The summed E-state index contributed by atoms with van der Waals surface area (Å²) in [5, 5.41) is 3.72. The SMILES string of the molecule is COCC1(CC2CCOCC2)CCCCN1. The van der Waals surface area contributed by atoms with E-state index in [4.69, 9.17) is 9.47 Å². The van der Waals surface area contributed by atoms with E-state index in [1.165, 1.54) is 38.5 Å². The van der Waals surface area contributed by atoms with Crippen LogP contribution in [-0.4, -0.2) is 39.0 Å². The van der Waals surface area contributed by atoms with Crippen LogP contribution in [0.4, 0.5) is 0 Å². The van der Waals surface area contributed by atoms with Crippen molar-refractivity contribution in [1.29, 1.82) is 0 Å². The number of ether oxygens (including phenoxy) is 2. The standard InChI is InChI=1S/C13H25NO2/c1-15-11-13(6-2-3-7-14-13)10-12-4-8-16-9-5-12/h12,14H,2-11H2,1H3. The van der Waals surface area contributed by atoms with Crippen LogP contribution in [0.15, 0.2) is 0 Å². The Bertz CT molecular complexity index is 191. The number of piperidine rings is 1. The molecular formula is C13H25NO2. The van der Waals surface area contributed by atoms with Crippen molar-refractivity contribution >= 4 is 0 Å². The van der Waals surface area contributed by atoms with Gasteiger partial charge in [0.2, 0.25) is 0 Å². The van der Waals surface area contributed by atoms with Crippen LogP contribution in [0.5, 0.6) is 0 Å². The summed E-state index contributed by atoms with van der Waals surface area (Å²) in [7, 11) is 1.82. The maximum atomic E-state index is 5.43. The third-order valence-electron chi connectivity index (χ3n) is 4.02. The van der Waals surface area contributed by atoms with Gasteiger partial charge in [0.1, 0.15) is 0 Å². The van der Waals surface area contributed by atoms with Crippen LogP contribution >= 0.6 is 0 Å². The predicted molar refractivity (Wildman–Crippen MR) is 64.6 cm³/mol. The summed E-state index contributed by atoms with van der Waals surface area (Å²) in [6.07, 6.45) is 7.67. The molecule has 1 N–H and O–H groups in total. The maximum absolute atomic E-state index is 5.43. The fourth-order valence-corrected chi connectivity index (χ4v) is 3.17. The molecule has 0 bridgehead atoms. The number of rotatable bonds is 4. The molecule has 0 aromatic carbocycles. The molecule has 0 radical (unpaired) electrons. The fraction of sp³-hybridized carbons (Fsp3) is 1.00. The minimum absolute atomic E-state index is 0.259. The Morgan fingerprint density at radius 1 is 1.31 bits per heavy atom. The van der Waals surface area contributed by atoms with Crippen molar-refractivity contribution in [2.24, 2.45) is 5.92 Å². The third kappa shape index (κ3) is 3.19. The highest BCUT2D eigenvalue weighted by molar-refractivity contribution is 4.93. The first kappa shape index (κ1) is 12.3. The number of nitrogens with one attached hydrogen (secondary N) is 1. The van der Waals surface area contributed by atoms with Gasteiger partial charge in [-0.1, -0.05) is 6.42 Å². The third-order valence-corrected chi connectivity index (χ3v) is 4.02. The molecule has 94 valence electrons. The van der Waals surface area contributed by atoms with Gasteiger partial charge in [-0.15, -0.1) is 0 Å². The highest BCUT2D eigenvalue weighted by atomic mass is 16.5. The van der Waals surface area contributed by atoms with E-state index in [1.54, 1.807) is 0 Å². The van der Waals surface area contributed by atoms with E-state index in [0.717, 1.165) is 32.3 Å². The minimum atomic E-state index is 0.259. The van der Waals surface area contributed by atoms with Crippen molar-refractivity contribution in [2.75, 3.05) is 33.5 Å². The molecule has 0 amide bonds. The van der Waals surface area contributed by atoms with Gasteiger partial charge in [-0.3, -0.25) is 0 Å². The van der Waals surface area contributed by atoms with Gasteiger partial charge in [-0.2, -0.15) is 0 Å². The van der Waals surface area contributed by atoms with Crippen molar-refractivity contribution in [2.45, 2.75) is 44.1 Å². The summed E-state index contributed by atoms with van der Waals surface area (Å²) in [5.41, 5.74) is 0.259. The van der Waals surface area contributed by atoms with Gasteiger partial charge in [-0.25, -0.2) is 0 Å². The molecule has 0 aromatic heterocycles. The van der Waals surface area contributed by atoms with Crippen LogP contribution < -0.4 is 5.32 Å². The van der Waals surface area contributed by atoms with Crippen LogP contribution in [-0.2, 0) is 9.47 Å². The molecule has 16 heavy (non-hydrogen) atoms. The van der Waals surface area contributed by atoms with Crippen molar-refractivity contribution in [3.63, 3.8) is 0 Å². The van der Waals surface area contributed by atoms with Crippen LogP contribution in [0.1, 0.15) is 38.5 Å². The zero-order chi connectivity index (χ0) is 11.3. The molecule has 2 aliphatic heterocycles. The predicted octanol–water partition coefficient (Wildman–Crippen LogP) is 1.96. The Balaban J connectivity index is 1.89. The molecule has 3 heteroatoms. The van der Waals surface area contributed by atoms with E-state index in [9.17, 15) is 0 Å². The highest BCUT2D eigenvalue weighted by Gasteiger charge is 2.34. The van der Waals surface area contributed by atoms with Crippen molar-refractivity contribution in [1.82, 2.24) is 5.32 Å². The van der Waals surface area contributed by atoms with Gasteiger partial charge in [0.15, 0.2) is 0 Å².